The Hall–Kier alpha value is -2.83. The quantitative estimate of drug-likeness (QED) is 0.191. The SMILES string of the molecule is CC1(C)CCCC2=C1C1CC(=O)/C(=C/O)C1C2.CN(C)/C=C1/C(=O)N(C(=O)OC(C)(C)C)C2C3=C(CCCC3(C)C)CC12. The van der Waals surface area contributed by atoms with E-state index in [1.54, 1.807) is 11.1 Å². The summed E-state index contributed by atoms with van der Waals surface area (Å²) in [6.45, 7) is 14.6. The Morgan fingerprint density at radius 1 is 0.884 bits per heavy atom. The van der Waals surface area contributed by atoms with Crippen molar-refractivity contribution in [3.05, 3.63) is 45.9 Å². The van der Waals surface area contributed by atoms with Gasteiger partial charge in [0.2, 0.25) is 0 Å². The number of ketones is 1. The molecule has 7 nitrogen and oxygen atoms in total. The molecule has 1 saturated carbocycles. The Morgan fingerprint density at radius 2 is 1.44 bits per heavy atom. The first-order chi connectivity index (χ1) is 20.0. The summed E-state index contributed by atoms with van der Waals surface area (Å²) in [4.78, 5) is 41.3. The molecule has 236 valence electrons. The minimum atomic E-state index is -0.626. The van der Waals surface area contributed by atoms with Gasteiger partial charge >= 0.3 is 6.09 Å². The van der Waals surface area contributed by atoms with Crippen LogP contribution < -0.4 is 0 Å². The number of carbonyl (C=O) groups is 3. The number of imide groups is 1. The van der Waals surface area contributed by atoms with Crippen LogP contribution in [0.5, 0.6) is 0 Å². The number of likely N-dealkylation sites (tertiary alicyclic amines) is 1. The highest BCUT2D eigenvalue weighted by Gasteiger charge is 2.57. The van der Waals surface area contributed by atoms with Crippen LogP contribution in [0.2, 0.25) is 0 Å². The Bertz CT molecular complexity index is 1340. The van der Waals surface area contributed by atoms with Crippen molar-refractivity contribution in [2.24, 2.45) is 28.6 Å². The maximum Gasteiger partial charge on any atom is 0.417 e. The zero-order chi connectivity index (χ0) is 31.6. The van der Waals surface area contributed by atoms with E-state index in [0.717, 1.165) is 37.5 Å². The largest absolute Gasteiger partial charge is 0.515 e. The molecule has 2 fully saturated rings. The van der Waals surface area contributed by atoms with Crippen molar-refractivity contribution >= 4 is 17.8 Å². The Kier molecular flexibility index (Phi) is 8.05. The van der Waals surface area contributed by atoms with E-state index in [9.17, 15) is 19.5 Å². The highest BCUT2D eigenvalue weighted by atomic mass is 16.6. The lowest BCUT2D eigenvalue weighted by molar-refractivity contribution is -0.125. The summed E-state index contributed by atoms with van der Waals surface area (Å²) < 4.78 is 5.60. The molecule has 0 radical (unpaired) electrons. The first kappa shape index (κ1) is 31.6. The van der Waals surface area contributed by atoms with Crippen LogP contribution in [0.15, 0.2) is 45.9 Å². The van der Waals surface area contributed by atoms with Crippen molar-refractivity contribution in [2.75, 3.05) is 14.1 Å². The maximum absolute atomic E-state index is 13.2. The van der Waals surface area contributed by atoms with Gasteiger partial charge in [0.25, 0.3) is 5.91 Å². The van der Waals surface area contributed by atoms with Crippen LogP contribution in [0.3, 0.4) is 0 Å². The molecule has 1 saturated heterocycles. The number of hydrogen-bond acceptors (Lipinski definition) is 6. The second-order valence-corrected chi connectivity index (χ2v) is 16.1. The van der Waals surface area contributed by atoms with Gasteiger partial charge in [0.05, 0.1) is 12.3 Å². The first-order valence-corrected chi connectivity index (χ1v) is 16.2. The summed E-state index contributed by atoms with van der Waals surface area (Å²) in [7, 11) is 3.83. The normalized spacial score (nSPS) is 32.4. The van der Waals surface area contributed by atoms with E-state index < -0.39 is 11.7 Å². The molecule has 6 aliphatic rings. The fourth-order valence-corrected chi connectivity index (χ4v) is 9.18. The number of ether oxygens (including phenoxy) is 1. The molecule has 2 amide bonds. The van der Waals surface area contributed by atoms with Crippen LogP contribution in [-0.2, 0) is 14.3 Å². The first-order valence-electron chi connectivity index (χ1n) is 16.2. The van der Waals surface area contributed by atoms with Gasteiger partial charge in [-0.15, -0.1) is 0 Å². The fraction of sp³-hybridized carbons (Fsp3) is 0.694. The van der Waals surface area contributed by atoms with Gasteiger partial charge in [0, 0.05) is 49.7 Å². The molecular weight excluding hydrogens is 540 g/mol. The molecule has 0 spiro atoms. The Labute approximate surface area is 258 Å². The monoisotopic (exact) mass is 592 g/mol. The molecule has 43 heavy (non-hydrogen) atoms. The third-order valence-corrected chi connectivity index (χ3v) is 10.6. The molecule has 1 N–H and O–H groups in total. The molecular formula is C36H52N2O5. The van der Waals surface area contributed by atoms with E-state index in [2.05, 4.69) is 27.7 Å². The highest BCUT2D eigenvalue weighted by Crippen LogP contribution is 2.58. The number of nitrogens with zero attached hydrogens (tertiary/aromatic N) is 2. The number of carbonyl (C=O) groups excluding carboxylic acids is 3. The van der Waals surface area contributed by atoms with Crippen molar-refractivity contribution in [1.29, 1.82) is 0 Å². The van der Waals surface area contributed by atoms with Crippen LogP contribution in [0.1, 0.15) is 106 Å². The molecule has 0 aromatic heterocycles. The number of hydrogen-bond donors (Lipinski definition) is 1. The van der Waals surface area contributed by atoms with Crippen molar-refractivity contribution < 1.29 is 24.2 Å². The van der Waals surface area contributed by atoms with Crippen molar-refractivity contribution in [3.8, 4) is 0 Å². The number of aliphatic hydroxyl groups is 1. The summed E-state index contributed by atoms with van der Waals surface area (Å²) in [5, 5.41) is 9.25. The van der Waals surface area contributed by atoms with Crippen molar-refractivity contribution in [2.45, 2.75) is 118 Å². The molecule has 6 rings (SSSR count). The van der Waals surface area contributed by atoms with Crippen molar-refractivity contribution in [3.63, 3.8) is 0 Å². The van der Waals surface area contributed by atoms with E-state index in [-0.39, 0.29) is 40.4 Å². The Morgan fingerprint density at radius 3 is 2.00 bits per heavy atom. The predicted octanol–water partition coefficient (Wildman–Crippen LogP) is 7.65. The van der Waals surface area contributed by atoms with Gasteiger partial charge in [-0.2, -0.15) is 0 Å². The van der Waals surface area contributed by atoms with Gasteiger partial charge < -0.3 is 14.7 Å². The fourth-order valence-electron chi connectivity index (χ4n) is 9.18. The molecule has 4 unspecified atom stereocenters. The molecule has 1 heterocycles. The summed E-state index contributed by atoms with van der Waals surface area (Å²) >= 11 is 0. The molecule has 5 aliphatic carbocycles. The minimum absolute atomic E-state index is 0.0150. The topological polar surface area (TPSA) is 87.2 Å². The summed E-state index contributed by atoms with van der Waals surface area (Å²) in [6, 6.07) is -0.186. The van der Waals surface area contributed by atoms with Crippen molar-refractivity contribution in [1.82, 2.24) is 9.80 Å². The average molecular weight is 593 g/mol. The second-order valence-electron chi connectivity index (χ2n) is 16.1. The van der Waals surface area contributed by atoms with Gasteiger partial charge in [-0.25, -0.2) is 9.69 Å². The molecule has 7 heteroatoms. The number of amides is 2. The van der Waals surface area contributed by atoms with Gasteiger partial charge in [-0.3, -0.25) is 9.59 Å². The number of rotatable bonds is 1. The molecule has 0 aromatic rings. The summed E-state index contributed by atoms with van der Waals surface area (Å²) in [5.41, 5.74) is 6.95. The molecule has 0 aromatic carbocycles. The Balaban J connectivity index is 0.000000186. The van der Waals surface area contributed by atoms with E-state index in [4.69, 9.17) is 4.74 Å². The maximum atomic E-state index is 13.2. The van der Waals surface area contributed by atoms with Gasteiger partial charge in [0.1, 0.15) is 5.60 Å². The van der Waals surface area contributed by atoms with Crippen LogP contribution in [0.4, 0.5) is 4.79 Å². The smallest absolute Gasteiger partial charge is 0.417 e. The van der Waals surface area contributed by atoms with Crippen LogP contribution >= 0.6 is 0 Å². The summed E-state index contributed by atoms with van der Waals surface area (Å²) in [5.74, 6) is 0.701. The average Bonchev–Trinajstić information content (AvgIpc) is 3.56. The highest BCUT2D eigenvalue weighted by molar-refractivity contribution is 6.06. The molecule has 1 aliphatic heterocycles. The molecule has 0 bridgehead atoms. The number of allylic oxidation sites excluding steroid dienone is 4. The van der Waals surface area contributed by atoms with Crippen LogP contribution in [0, 0.1) is 28.6 Å². The summed E-state index contributed by atoms with van der Waals surface area (Å²) in [6.07, 6.45) is 12.0. The zero-order valence-electron chi connectivity index (χ0n) is 27.8. The number of aliphatic hydroxyl groups excluding tert-OH is 1. The standard InChI is InChI=1S/C21H32N2O3.C15H20O2/c1-20(2,3)26-19(25)23-17-14(15(18(23)24)12-22(6)7)11-13-9-8-10-21(4,5)16(13)17;1-15(2)5-3-4-9-6-10-11(14(9)15)7-13(17)12(10)8-16/h12,14,17H,8-11H2,1-7H3;8,10-11,16H,3-7H2,1-2H3/b15-12+;12-8+. The van der Waals surface area contributed by atoms with Crippen LogP contribution in [0.25, 0.3) is 0 Å². The van der Waals surface area contributed by atoms with E-state index in [1.165, 1.54) is 41.7 Å². The zero-order valence-corrected chi connectivity index (χ0v) is 27.8. The molecule has 4 atom stereocenters. The second kappa shape index (κ2) is 11.0. The predicted molar refractivity (Wildman–Crippen MR) is 168 cm³/mol. The van der Waals surface area contributed by atoms with Gasteiger partial charge in [-0.1, -0.05) is 44.4 Å². The van der Waals surface area contributed by atoms with E-state index in [0.29, 0.717) is 17.9 Å². The third-order valence-electron chi connectivity index (χ3n) is 10.6. The number of Topliss-reactive ketones (excluding diaryl/α,β-unsaturated/α-hetero) is 1. The lowest BCUT2D eigenvalue weighted by atomic mass is 9.70. The lowest BCUT2D eigenvalue weighted by Gasteiger charge is -2.38. The van der Waals surface area contributed by atoms with Gasteiger partial charge in [0.15, 0.2) is 5.78 Å². The minimum Gasteiger partial charge on any atom is -0.515 e. The third kappa shape index (κ3) is 5.62. The van der Waals surface area contributed by atoms with E-state index >= 15 is 0 Å². The lowest BCUT2D eigenvalue weighted by Crippen LogP contribution is -2.45. The van der Waals surface area contributed by atoms with Gasteiger partial charge in [-0.05, 0) is 94.5 Å². The van der Waals surface area contributed by atoms with E-state index in [1.807, 2.05) is 46.0 Å². The van der Waals surface area contributed by atoms with Crippen LogP contribution in [-0.4, -0.2) is 58.4 Å². The number of fused-ring (bicyclic) bond motifs is 4.